The molecule has 0 aliphatic heterocycles. The third kappa shape index (κ3) is 2.46. The zero-order chi connectivity index (χ0) is 9.10. The lowest BCUT2D eigenvalue weighted by Crippen LogP contribution is -2.14. The van der Waals surface area contributed by atoms with Crippen LogP contribution in [0.5, 0.6) is 0 Å². The van der Waals surface area contributed by atoms with Crippen molar-refractivity contribution in [2.75, 3.05) is 17.6 Å². The van der Waals surface area contributed by atoms with Crippen molar-refractivity contribution in [2.24, 2.45) is 17.8 Å². The highest BCUT2D eigenvalue weighted by atomic mass is 127. The molecule has 0 aromatic carbocycles. The minimum Gasteiger partial charge on any atom is -0.381 e. The van der Waals surface area contributed by atoms with Crippen LogP contribution in [0, 0.1) is 17.8 Å². The van der Waals surface area contributed by atoms with E-state index >= 15 is 0 Å². The van der Waals surface area contributed by atoms with Crippen molar-refractivity contribution in [2.45, 2.75) is 19.3 Å². The summed E-state index contributed by atoms with van der Waals surface area (Å²) >= 11 is 2.40. The molecule has 0 aromatic heterocycles. The zero-order valence-electron chi connectivity index (χ0n) is 7.92. The third-order valence-electron chi connectivity index (χ3n) is 3.17. The molecule has 0 unspecified atom stereocenters. The molecule has 0 spiro atoms. The van der Waals surface area contributed by atoms with Crippen molar-refractivity contribution in [1.29, 1.82) is 0 Å². The normalized spacial score (nSPS) is 35.9. The van der Waals surface area contributed by atoms with Crippen LogP contribution in [0.1, 0.15) is 19.3 Å². The van der Waals surface area contributed by atoms with Crippen molar-refractivity contribution in [3.05, 3.63) is 12.2 Å². The predicted molar refractivity (Wildman–Crippen MR) is 63.2 cm³/mol. The van der Waals surface area contributed by atoms with Crippen LogP contribution in [-0.2, 0) is 4.74 Å². The minimum atomic E-state index is 0.837. The first kappa shape index (κ1) is 9.97. The lowest BCUT2D eigenvalue weighted by molar-refractivity contribution is 0.0920. The van der Waals surface area contributed by atoms with Crippen molar-refractivity contribution in [3.63, 3.8) is 0 Å². The number of hydrogen-bond donors (Lipinski definition) is 0. The van der Waals surface area contributed by atoms with Gasteiger partial charge < -0.3 is 4.74 Å². The second kappa shape index (κ2) is 4.78. The van der Waals surface area contributed by atoms with Crippen LogP contribution < -0.4 is 0 Å². The first-order valence-electron chi connectivity index (χ1n) is 5.22. The molecule has 0 heterocycles. The van der Waals surface area contributed by atoms with E-state index in [4.69, 9.17) is 4.74 Å². The standard InChI is InChI=1S/C11H17IO/c12-4-1-5-13-8-11-7-9-2-3-10(11)6-9/h2-3,9-11H,1,4-8H2/t9-,10+,11+/m1/s1. The summed E-state index contributed by atoms with van der Waals surface area (Å²) in [7, 11) is 0. The number of hydrogen-bond acceptors (Lipinski definition) is 1. The molecule has 2 aliphatic carbocycles. The Morgan fingerprint density at radius 1 is 1.31 bits per heavy atom. The van der Waals surface area contributed by atoms with Crippen LogP contribution >= 0.6 is 22.6 Å². The van der Waals surface area contributed by atoms with Gasteiger partial charge in [0.2, 0.25) is 0 Å². The first-order valence-corrected chi connectivity index (χ1v) is 6.74. The summed E-state index contributed by atoms with van der Waals surface area (Å²) in [4.78, 5) is 0. The third-order valence-corrected chi connectivity index (χ3v) is 3.93. The van der Waals surface area contributed by atoms with Gasteiger partial charge in [-0.25, -0.2) is 0 Å². The largest absolute Gasteiger partial charge is 0.381 e. The van der Waals surface area contributed by atoms with Gasteiger partial charge >= 0.3 is 0 Å². The summed E-state index contributed by atoms with van der Waals surface area (Å²) in [5.41, 5.74) is 0. The summed E-state index contributed by atoms with van der Waals surface area (Å²) < 4.78 is 6.89. The Hall–Kier alpha value is 0.430. The molecule has 2 bridgehead atoms. The molecule has 0 saturated heterocycles. The van der Waals surface area contributed by atoms with Gasteiger partial charge in [0, 0.05) is 17.6 Å². The Morgan fingerprint density at radius 3 is 2.85 bits per heavy atom. The topological polar surface area (TPSA) is 9.23 Å². The summed E-state index contributed by atoms with van der Waals surface area (Å²) in [5, 5.41) is 0. The van der Waals surface area contributed by atoms with Gasteiger partial charge in [-0.05, 0) is 37.0 Å². The monoisotopic (exact) mass is 292 g/mol. The molecule has 1 fully saturated rings. The predicted octanol–water partition coefficient (Wildman–Crippen LogP) is 3.04. The first-order chi connectivity index (χ1) is 6.40. The van der Waals surface area contributed by atoms with Crippen LogP contribution in [0.25, 0.3) is 0 Å². The molecule has 2 heteroatoms. The van der Waals surface area contributed by atoms with Gasteiger partial charge in [0.25, 0.3) is 0 Å². The van der Waals surface area contributed by atoms with E-state index in [1.54, 1.807) is 0 Å². The fourth-order valence-corrected chi connectivity index (χ4v) is 2.79. The number of ether oxygens (including phenoxy) is 1. The maximum absolute atomic E-state index is 5.67. The number of rotatable bonds is 5. The summed E-state index contributed by atoms with van der Waals surface area (Å²) in [6, 6.07) is 0. The highest BCUT2D eigenvalue weighted by Gasteiger charge is 2.35. The molecular formula is C11H17IO. The Morgan fingerprint density at radius 2 is 2.23 bits per heavy atom. The fraction of sp³-hybridized carbons (Fsp3) is 0.818. The van der Waals surface area contributed by atoms with E-state index in [2.05, 4.69) is 34.7 Å². The van der Waals surface area contributed by atoms with E-state index in [9.17, 15) is 0 Å². The molecule has 1 nitrogen and oxygen atoms in total. The van der Waals surface area contributed by atoms with E-state index in [0.29, 0.717) is 0 Å². The highest BCUT2D eigenvalue weighted by Crippen LogP contribution is 2.43. The highest BCUT2D eigenvalue weighted by molar-refractivity contribution is 14.1. The summed E-state index contributed by atoms with van der Waals surface area (Å²) in [5.74, 6) is 2.58. The molecule has 0 radical (unpaired) electrons. The SMILES string of the molecule is ICCCOC[C@@H]1C[C@@H]2C=C[C@H]1C2. The van der Waals surface area contributed by atoms with Gasteiger partial charge in [0.1, 0.15) is 0 Å². The molecule has 3 atom stereocenters. The summed E-state index contributed by atoms with van der Waals surface area (Å²) in [6.45, 7) is 1.96. The molecular weight excluding hydrogens is 275 g/mol. The maximum atomic E-state index is 5.67. The molecule has 0 aromatic rings. The number of fused-ring (bicyclic) bond motifs is 2. The molecule has 0 amide bonds. The van der Waals surface area contributed by atoms with Crippen LogP contribution in [0.4, 0.5) is 0 Å². The van der Waals surface area contributed by atoms with Crippen LogP contribution in [0.3, 0.4) is 0 Å². The van der Waals surface area contributed by atoms with Gasteiger partial charge in [-0.15, -0.1) is 0 Å². The maximum Gasteiger partial charge on any atom is 0.0500 e. The molecule has 2 rings (SSSR count). The van der Waals surface area contributed by atoms with Crippen molar-refractivity contribution < 1.29 is 4.74 Å². The fourth-order valence-electron chi connectivity index (χ4n) is 2.48. The van der Waals surface area contributed by atoms with E-state index in [0.717, 1.165) is 31.0 Å². The van der Waals surface area contributed by atoms with Crippen LogP contribution in [0.2, 0.25) is 0 Å². The van der Waals surface area contributed by atoms with Crippen molar-refractivity contribution >= 4 is 22.6 Å². The quantitative estimate of drug-likeness (QED) is 0.327. The molecule has 74 valence electrons. The molecule has 1 saturated carbocycles. The summed E-state index contributed by atoms with van der Waals surface area (Å²) in [6.07, 6.45) is 8.79. The van der Waals surface area contributed by atoms with Gasteiger partial charge in [-0.3, -0.25) is 0 Å². The zero-order valence-corrected chi connectivity index (χ0v) is 10.1. The Kier molecular flexibility index (Phi) is 3.66. The Bertz CT molecular complexity index is 191. The van der Waals surface area contributed by atoms with Gasteiger partial charge in [-0.2, -0.15) is 0 Å². The van der Waals surface area contributed by atoms with E-state index in [1.165, 1.54) is 23.7 Å². The second-order valence-corrected chi connectivity index (χ2v) is 5.24. The lowest BCUT2D eigenvalue weighted by atomic mass is 9.95. The van der Waals surface area contributed by atoms with Crippen molar-refractivity contribution in [1.82, 2.24) is 0 Å². The van der Waals surface area contributed by atoms with Gasteiger partial charge in [-0.1, -0.05) is 34.7 Å². The Labute approximate surface area is 94.1 Å². The average Bonchev–Trinajstić information content (AvgIpc) is 2.73. The van der Waals surface area contributed by atoms with Crippen LogP contribution in [0.15, 0.2) is 12.2 Å². The molecule has 13 heavy (non-hydrogen) atoms. The van der Waals surface area contributed by atoms with Crippen molar-refractivity contribution in [3.8, 4) is 0 Å². The van der Waals surface area contributed by atoms with E-state index in [-0.39, 0.29) is 0 Å². The van der Waals surface area contributed by atoms with Gasteiger partial charge in [0.05, 0.1) is 0 Å². The molecule has 0 N–H and O–H groups in total. The number of allylic oxidation sites excluding steroid dienone is 2. The number of halogens is 1. The van der Waals surface area contributed by atoms with Crippen LogP contribution in [-0.4, -0.2) is 17.6 Å². The minimum absolute atomic E-state index is 0.837. The average molecular weight is 292 g/mol. The van der Waals surface area contributed by atoms with Gasteiger partial charge in [0.15, 0.2) is 0 Å². The van der Waals surface area contributed by atoms with E-state index in [1.807, 2.05) is 0 Å². The smallest absolute Gasteiger partial charge is 0.0500 e. The molecule has 2 aliphatic rings. The Balaban J connectivity index is 1.64. The lowest BCUT2D eigenvalue weighted by Gasteiger charge is -2.17. The van der Waals surface area contributed by atoms with E-state index < -0.39 is 0 Å². The number of alkyl halides is 1. The second-order valence-electron chi connectivity index (χ2n) is 4.16.